The van der Waals surface area contributed by atoms with Crippen LogP contribution in [0.1, 0.15) is 31.7 Å². The lowest BCUT2D eigenvalue weighted by Gasteiger charge is -2.15. The molecule has 0 unspecified atom stereocenters. The number of phenols is 2. The van der Waals surface area contributed by atoms with Crippen molar-refractivity contribution in [2.45, 2.75) is 36.4 Å². The van der Waals surface area contributed by atoms with Gasteiger partial charge in [0.15, 0.2) is 5.82 Å². The smallest absolute Gasteiger partial charge is 0.202 e. The number of aromatic hydroxyl groups is 2. The molecule has 0 saturated carbocycles. The average molecular weight is 523 g/mol. The molecule has 0 spiro atoms. The van der Waals surface area contributed by atoms with E-state index in [1.165, 1.54) is 23.9 Å². The summed E-state index contributed by atoms with van der Waals surface area (Å²) in [5.74, 6) is -0.225. The van der Waals surface area contributed by atoms with E-state index in [-0.39, 0.29) is 17.4 Å². The maximum Gasteiger partial charge on any atom is 0.202 e. The molecule has 4 rings (SSSR count). The van der Waals surface area contributed by atoms with Crippen LogP contribution in [0.25, 0.3) is 17.1 Å². The molecule has 0 aliphatic carbocycles. The standard InChI is InChI=1S/C27H31FN6O2S/c1-17(2)19-15-20(24(36)16-23(19)35)26-31-32-27(37-25-8-5-6-11-30-25)34(26)18-9-10-22(21(28)14-18)29-12-7-13-33(3)4/h5-6,8-11,14-17,29,35-36H,7,12-13H2,1-4H3. The van der Waals surface area contributed by atoms with Gasteiger partial charge in [-0.05, 0) is 80.6 Å². The van der Waals surface area contributed by atoms with Crippen molar-refractivity contribution in [1.29, 1.82) is 0 Å². The zero-order valence-corrected chi connectivity index (χ0v) is 22.1. The van der Waals surface area contributed by atoms with E-state index < -0.39 is 5.82 Å². The third kappa shape index (κ3) is 6.20. The molecule has 0 atom stereocenters. The number of pyridine rings is 1. The number of anilines is 1. The molecule has 0 aliphatic rings. The van der Waals surface area contributed by atoms with Crippen LogP contribution in [0.3, 0.4) is 0 Å². The molecular formula is C27H31FN6O2S. The number of hydrogen-bond acceptors (Lipinski definition) is 8. The molecule has 3 N–H and O–H groups in total. The summed E-state index contributed by atoms with van der Waals surface area (Å²) < 4.78 is 16.9. The molecule has 2 aromatic heterocycles. The van der Waals surface area contributed by atoms with Gasteiger partial charge in [-0.2, -0.15) is 0 Å². The predicted molar refractivity (Wildman–Crippen MR) is 144 cm³/mol. The number of hydrogen-bond donors (Lipinski definition) is 3. The molecule has 2 aromatic carbocycles. The van der Waals surface area contributed by atoms with Crippen LogP contribution in [0, 0.1) is 5.82 Å². The topological polar surface area (TPSA) is 99.3 Å². The van der Waals surface area contributed by atoms with E-state index in [0.717, 1.165) is 13.0 Å². The normalized spacial score (nSPS) is 11.4. The SMILES string of the molecule is CC(C)c1cc(-c2nnc(Sc3ccccn3)n2-c2ccc(NCCCN(C)C)c(F)c2)c(O)cc1O. The van der Waals surface area contributed by atoms with Crippen LogP contribution < -0.4 is 5.32 Å². The molecule has 194 valence electrons. The van der Waals surface area contributed by atoms with Crippen molar-refractivity contribution in [3.63, 3.8) is 0 Å². The number of rotatable bonds is 10. The van der Waals surface area contributed by atoms with Gasteiger partial charge in [-0.25, -0.2) is 9.37 Å². The van der Waals surface area contributed by atoms with Gasteiger partial charge in [0, 0.05) is 24.9 Å². The van der Waals surface area contributed by atoms with Crippen molar-refractivity contribution in [2.75, 3.05) is 32.5 Å². The first-order chi connectivity index (χ1) is 17.7. The fourth-order valence-corrected chi connectivity index (χ4v) is 4.70. The van der Waals surface area contributed by atoms with E-state index in [0.29, 0.717) is 45.1 Å². The van der Waals surface area contributed by atoms with Crippen LogP contribution >= 0.6 is 11.8 Å². The zero-order valence-electron chi connectivity index (χ0n) is 21.3. The van der Waals surface area contributed by atoms with E-state index >= 15 is 4.39 Å². The molecule has 37 heavy (non-hydrogen) atoms. The highest BCUT2D eigenvalue weighted by molar-refractivity contribution is 7.99. The summed E-state index contributed by atoms with van der Waals surface area (Å²) in [6.45, 7) is 5.44. The number of nitrogens with zero attached hydrogens (tertiary/aromatic N) is 5. The monoisotopic (exact) mass is 522 g/mol. The predicted octanol–water partition coefficient (Wildman–Crippen LogP) is 5.52. The van der Waals surface area contributed by atoms with Gasteiger partial charge in [0.1, 0.15) is 22.3 Å². The number of halogens is 1. The van der Waals surface area contributed by atoms with Crippen molar-refractivity contribution >= 4 is 17.4 Å². The second-order valence-electron chi connectivity index (χ2n) is 9.24. The summed E-state index contributed by atoms with van der Waals surface area (Å²) >= 11 is 1.28. The number of phenolic OH excluding ortho intramolecular Hbond substituents is 2. The minimum atomic E-state index is -0.409. The first kappa shape index (κ1) is 26.4. The Bertz CT molecular complexity index is 1360. The summed E-state index contributed by atoms with van der Waals surface area (Å²) in [5.41, 5.74) is 1.94. The van der Waals surface area contributed by atoms with Gasteiger partial charge < -0.3 is 20.4 Å². The van der Waals surface area contributed by atoms with Crippen LogP contribution in [0.2, 0.25) is 0 Å². The Labute approximate surface area is 220 Å². The molecule has 0 aliphatic heterocycles. The van der Waals surface area contributed by atoms with Crippen molar-refractivity contribution in [2.24, 2.45) is 0 Å². The quantitative estimate of drug-likeness (QED) is 0.234. The average Bonchev–Trinajstić information content (AvgIpc) is 3.26. The Balaban J connectivity index is 1.77. The van der Waals surface area contributed by atoms with E-state index in [2.05, 4.69) is 25.4 Å². The molecular weight excluding hydrogens is 491 g/mol. The van der Waals surface area contributed by atoms with Crippen molar-refractivity contribution in [3.05, 3.63) is 66.1 Å². The lowest BCUT2D eigenvalue weighted by atomic mass is 9.98. The first-order valence-electron chi connectivity index (χ1n) is 12.0. The van der Waals surface area contributed by atoms with Gasteiger partial charge >= 0.3 is 0 Å². The lowest BCUT2D eigenvalue weighted by Crippen LogP contribution is -2.16. The van der Waals surface area contributed by atoms with Gasteiger partial charge in [0.05, 0.1) is 16.9 Å². The molecule has 10 heteroatoms. The van der Waals surface area contributed by atoms with Crippen LogP contribution in [-0.2, 0) is 0 Å². The van der Waals surface area contributed by atoms with Gasteiger partial charge in [0.25, 0.3) is 0 Å². The minimum absolute atomic E-state index is 0.00105. The summed E-state index contributed by atoms with van der Waals surface area (Å²) in [4.78, 5) is 6.44. The fraction of sp³-hybridized carbons (Fsp3) is 0.296. The molecule has 2 heterocycles. The van der Waals surface area contributed by atoms with Crippen LogP contribution in [0.15, 0.2) is 64.9 Å². The van der Waals surface area contributed by atoms with Gasteiger partial charge in [0.2, 0.25) is 5.16 Å². The van der Waals surface area contributed by atoms with Gasteiger partial charge in [-0.3, -0.25) is 4.57 Å². The third-order valence-electron chi connectivity index (χ3n) is 5.78. The lowest BCUT2D eigenvalue weighted by molar-refractivity contribution is 0.405. The molecule has 4 aromatic rings. The second-order valence-corrected chi connectivity index (χ2v) is 10.2. The van der Waals surface area contributed by atoms with E-state index in [1.807, 2.05) is 46.1 Å². The van der Waals surface area contributed by atoms with Crippen LogP contribution in [0.4, 0.5) is 10.1 Å². The largest absolute Gasteiger partial charge is 0.508 e. The number of benzene rings is 2. The molecule has 0 fully saturated rings. The van der Waals surface area contributed by atoms with Gasteiger partial charge in [-0.1, -0.05) is 19.9 Å². The van der Waals surface area contributed by atoms with E-state index in [9.17, 15) is 10.2 Å². The third-order valence-corrected chi connectivity index (χ3v) is 6.68. The molecule has 8 nitrogen and oxygen atoms in total. The Kier molecular flexibility index (Phi) is 8.30. The maximum absolute atomic E-state index is 15.2. The Morgan fingerprint density at radius 1 is 1.05 bits per heavy atom. The highest BCUT2D eigenvalue weighted by Crippen LogP contribution is 2.40. The van der Waals surface area contributed by atoms with E-state index in [1.54, 1.807) is 29.0 Å². The maximum atomic E-state index is 15.2. The van der Waals surface area contributed by atoms with E-state index in [4.69, 9.17) is 0 Å². The summed E-state index contributed by atoms with van der Waals surface area (Å²) in [6.07, 6.45) is 2.56. The highest BCUT2D eigenvalue weighted by atomic mass is 32.2. The van der Waals surface area contributed by atoms with Crippen molar-refractivity contribution in [1.82, 2.24) is 24.6 Å². The number of aromatic nitrogens is 4. The highest BCUT2D eigenvalue weighted by Gasteiger charge is 2.22. The molecule has 0 amide bonds. The van der Waals surface area contributed by atoms with Crippen molar-refractivity contribution in [3.8, 4) is 28.6 Å². The Morgan fingerprint density at radius 3 is 2.54 bits per heavy atom. The van der Waals surface area contributed by atoms with Crippen LogP contribution in [-0.4, -0.2) is 62.0 Å². The second kappa shape index (κ2) is 11.6. The van der Waals surface area contributed by atoms with Crippen molar-refractivity contribution < 1.29 is 14.6 Å². The Hall–Kier alpha value is -3.63. The summed E-state index contributed by atoms with van der Waals surface area (Å²) in [7, 11) is 4.01. The molecule has 0 saturated heterocycles. The molecule has 0 radical (unpaired) electrons. The Morgan fingerprint density at radius 2 is 1.86 bits per heavy atom. The zero-order chi connectivity index (χ0) is 26.5. The summed E-state index contributed by atoms with van der Waals surface area (Å²) in [5, 5.41) is 34.1. The molecule has 0 bridgehead atoms. The minimum Gasteiger partial charge on any atom is -0.508 e. The van der Waals surface area contributed by atoms with Crippen LogP contribution in [0.5, 0.6) is 11.5 Å². The fourth-order valence-electron chi connectivity index (χ4n) is 3.88. The summed E-state index contributed by atoms with van der Waals surface area (Å²) in [6, 6.07) is 13.4. The van der Waals surface area contributed by atoms with Gasteiger partial charge in [-0.15, -0.1) is 10.2 Å². The first-order valence-corrected chi connectivity index (χ1v) is 12.8. The number of nitrogens with one attached hydrogen (secondary N) is 1.